The fraction of sp³-hybridized carbons (Fsp3) is 0.400. The third kappa shape index (κ3) is 4.07. The highest BCUT2D eigenvalue weighted by atomic mass is 32.2. The van der Waals surface area contributed by atoms with Gasteiger partial charge < -0.3 is 5.32 Å². The molecular weight excluding hydrogens is 544 g/mol. The van der Waals surface area contributed by atoms with Crippen LogP contribution in [0.25, 0.3) is 17.1 Å². The Morgan fingerprint density at radius 2 is 1.90 bits per heavy atom. The van der Waals surface area contributed by atoms with Crippen molar-refractivity contribution in [2.75, 3.05) is 5.75 Å². The normalized spacial score (nSPS) is 24.0. The second-order valence-electron chi connectivity index (χ2n) is 11.7. The number of fused-ring (bicyclic) bond motifs is 5. The number of halogens is 2. The van der Waals surface area contributed by atoms with Crippen LogP contribution >= 0.6 is 11.8 Å². The molecule has 41 heavy (non-hydrogen) atoms. The number of nitrogens with zero attached hydrogens (tertiary/aromatic N) is 6. The lowest BCUT2D eigenvalue weighted by atomic mass is 9.66. The summed E-state index contributed by atoms with van der Waals surface area (Å²) in [6, 6.07) is 11.8. The zero-order chi connectivity index (χ0) is 28.4. The molecule has 3 atom stereocenters. The van der Waals surface area contributed by atoms with E-state index < -0.39 is 17.0 Å². The van der Waals surface area contributed by atoms with E-state index in [9.17, 15) is 13.6 Å². The van der Waals surface area contributed by atoms with E-state index in [0.29, 0.717) is 23.8 Å². The maximum atomic E-state index is 14.6. The van der Waals surface area contributed by atoms with Crippen molar-refractivity contribution in [3.05, 3.63) is 83.2 Å². The molecule has 3 aromatic heterocycles. The van der Waals surface area contributed by atoms with Crippen molar-refractivity contribution in [3.63, 3.8) is 0 Å². The van der Waals surface area contributed by atoms with Crippen LogP contribution in [0.1, 0.15) is 68.2 Å². The second-order valence-corrected chi connectivity index (χ2v) is 12.7. The van der Waals surface area contributed by atoms with Crippen LogP contribution in [0.2, 0.25) is 0 Å². The van der Waals surface area contributed by atoms with Gasteiger partial charge in [-0.2, -0.15) is 16.9 Å². The van der Waals surface area contributed by atoms with Gasteiger partial charge in [-0.05, 0) is 66.5 Å². The molecule has 210 valence electrons. The molecule has 1 aliphatic heterocycles. The van der Waals surface area contributed by atoms with Crippen molar-refractivity contribution < 1.29 is 13.6 Å². The average molecular weight is 574 g/mol. The Morgan fingerprint density at radius 3 is 2.68 bits per heavy atom. The number of benzene rings is 1. The van der Waals surface area contributed by atoms with Gasteiger partial charge in [0.25, 0.3) is 0 Å². The minimum atomic E-state index is -0.651. The number of amides is 1. The molecule has 1 N–H and O–H groups in total. The highest BCUT2D eigenvalue weighted by Crippen LogP contribution is 2.69. The van der Waals surface area contributed by atoms with Crippen molar-refractivity contribution in [1.29, 1.82) is 0 Å². The molecule has 2 aliphatic carbocycles. The van der Waals surface area contributed by atoms with Gasteiger partial charge in [0.2, 0.25) is 5.91 Å². The maximum Gasteiger partial charge on any atom is 0.220 e. The number of pyridine rings is 1. The molecule has 4 heterocycles. The van der Waals surface area contributed by atoms with Gasteiger partial charge in [0, 0.05) is 18.2 Å². The number of nitrogens with one attached hydrogen (secondary N) is 1. The van der Waals surface area contributed by atoms with Crippen LogP contribution in [0.4, 0.5) is 8.78 Å². The molecule has 1 saturated carbocycles. The Hall–Kier alpha value is -3.73. The topological polar surface area (TPSA) is 98.5 Å². The zero-order valence-corrected chi connectivity index (χ0v) is 23.6. The van der Waals surface area contributed by atoms with Crippen LogP contribution in [0.15, 0.2) is 48.8 Å². The summed E-state index contributed by atoms with van der Waals surface area (Å²) in [5.74, 6) is 1.82. The number of rotatable bonds is 7. The summed E-state index contributed by atoms with van der Waals surface area (Å²) >= 11 is 1.70. The first-order valence-corrected chi connectivity index (χ1v) is 15.0. The van der Waals surface area contributed by atoms with Crippen LogP contribution in [0.3, 0.4) is 0 Å². The lowest BCUT2D eigenvalue weighted by molar-refractivity contribution is -0.119. The molecule has 1 aromatic carbocycles. The molecule has 3 aliphatic rings. The summed E-state index contributed by atoms with van der Waals surface area (Å²) < 4.78 is 30.9. The molecule has 2 fully saturated rings. The number of aromatic nitrogens is 6. The quantitative estimate of drug-likeness (QED) is 0.328. The van der Waals surface area contributed by atoms with Crippen LogP contribution in [0, 0.1) is 17.0 Å². The lowest BCUT2D eigenvalue weighted by Gasteiger charge is -2.37. The van der Waals surface area contributed by atoms with E-state index in [0.717, 1.165) is 42.0 Å². The first-order valence-electron chi connectivity index (χ1n) is 13.9. The smallest absolute Gasteiger partial charge is 0.220 e. The van der Waals surface area contributed by atoms with Gasteiger partial charge in [0.15, 0.2) is 11.6 Å². The largest absolute Gasteiger partial charge is 0.353 e. The van der Waals surface area contributed by atoms with E-state index in [4.69, 9.17) is 4.98 Å². The average Bonchev–Trinajstić information content (AvgIpc) is 3.70. The third-order valence-electron chi connectivity index (χ3n) is 9.18. The summed E-state index contributed by atoms with van der Waals surface area (Å²) in [7, 11) is 0. The fourth-order valence-corrected chi connectivity index (χ4v) is 8.08. The van der Waals surface area contributed by atoms with Gasteiger partial charge in [-0.3, -0.25) is 4.79 Å². The highest BCUT2D eigenvalue weighted by molar-refractivity contribution is 7.98. The molecule has 0 spiro atoms. The number of hydrogen-bond acceptors (Lipinski definition) is 7. The molecular formula is C30H29F2N7OS. The summed E-state index contributed by atoms with van der Waals surface area (Å²) in [4.78, 5) is 21.0. The number of thioether (sulfide) groups is 1. The van der Waals surface area contributed by atoms with Crippen molar-refractivity contribution in [3.8, 4) is 17.1 Å². The van der Waals surface area contributed by atoms with Gasteiger partial charge in [-0.25, -0.2) is 23.4 Å². The SMILES string of the molecule is CC1(C)[C@H]2CC[C@]1(c1cccc(-n3cnc(CSCC4CCC(=O)N4)n3)n1)c1nnc(-c3c(F)cccc3F)cc12. The molecule has 4 aromatic rings. The zero-order valence-electron chi connectivity index (χ0n) is 22.8. The summed E-state index contributed by atoms with van der Waals surface area (Å²) in [5, 5.41) is 16.6. The van der Waals surface area contributed by atoms with E-state index in [2.05, 4.69) is 39.4 Å². The Balaban J connectivity index is 1.19. The summed E-state index contributed by atoms with van der Waals surface area (Å²) in [6.07, 6.45) is 4.92. The Labute approximate surface area is 240 Å². The van der Waals surface area contributed by atoms with Crippen molar-refractivity contribution in [2.24, 2.45) is 5.41 Å². The monoisotopic (exact) mass is 573 g/mol. The summed E-state index contributed by atoms with van der Waals surface area (Å²) in [6.45, 7) is 4.45. The standard InChI is InChI=1S/C30H29F2N7OS/c1-29(2)19-11-12-30(29,28-18(19)13-22(36-37-28)27-20(31)5-3-6-21(27)32)23-7-4-8-25(35-23)39-16-33-24(38-39)15-41-14-17-9-10-26(40)34-17/h3-8,13,16-17,19H,9-12,14-15H2,1-2H3,(H,34,40)/t17?,19-,30-/m0/s1. The maximum absolute atomic E-state index is 14.6. The third-order valence-corrected chi connectivity index (χ3v) is 10.3. The van der Waals surface area contributed by atoms with Crippen molar-refractivity contribution >= 4 is 17.7 Å². The second kappa shape index (κ2) is 9.68. The Morgan fingerprint density at radius 1 is 1.10 bits per heavy atom. The van der Waals surface area contributed by atoms with Gasteiger partial charge in [-0.15, -0.1) is 10.2 Å². The first kappa shape index (κ1) is 26.2. The van der Waals surface area contributed by atoms with Gasteiger partial charge in [0.05, 0.1) is 33.8 Å². The first-order chi connectivity index (χ1) is 19.8. The molecule has 2 bridgehead atoms. The van der Waals surface area contributed by atoms with Crippen LogP contribution < -0.4 is 5.32 Å². The molecule has 8 nitrogen and oxygen atoms in total. The van der Waals surface area contributed by atoms with E-state index in [1.807, 2.05) is 24.3 Å². The van der Waals surface area contributed by atoms with E-state index in [1.54, 1.807) is 22.8 Å². The minimum absolute atomic E-state index is 0.121. The predicted octanol–water partition coefficient (Wildman–Crippen LogP) is 5.11. The lowest BCUT2D eigenvalue weighted by Crippen LogP contribution is -2.38. The molecule has 1 saturated heterocycles. The molecule has 7 rings (SSSR count). The molecule has 1 amide bonds. The Bertz CT molecular complexity index is 1650. The predicted molar refractivity (Wildman–Crippen MR) is 150 cm³/mol. The van der Waals surface area contributed by atoms with E-state index in [1.165, 1.54) is 18.2 Å². The summed E-state index contributed by atoms with van der Waals surface area (Å²) in [5.41, 5.74) is 2.03. The minimum Gasteiger partial charge on any atom is -0.353 e. The number of carbonyl (C=O) groups excluding carboxylic acids is 1. The van der Waals surface area contributed by atoms with Crippen LogP contribution in [0.5, 0.6) is 0 Å². The number of carbonyl (C=O) groups is 1. The Kier molecular flexibility index (Phi) is 6.18. The van der Waals surface area contributed by atoms with Gasteiger partial charge >= 0.3 is 0 Å². The van der Waals surface area contributed by atoms with E-state index in [-0.39, 0.29) is 34.5 Å². The van der Waals surface area contributed by atoms with E-state index >= 15 is 0 Å². The van der Waals surface area contributed by atoms with Crippen LogP contribution in [-0.2, 0) is 16.0 Å². The van der Waals surface area contributed by atoms with Gasteiger partial charge in [0.1, 0.15) is 18.0 Å². The highest BCUT2D eigenvalue weighted by Gasteiger charge is 2.65. The number of hydrogen-bond donors (Lipinski definition) is 1. The molecule has 11 heteroatoms. The van der Waals surface area contributed by atoms with Crippen molar-refractivity contribution in [2.45, 2.75) is 62.7 Å². The molecule has 0 radical (unpaired) electrons. The van der Waals surface area contributed by atoms with Crippen molar-refractivity contribution in [1.82, 2.24) is 35.3 Å². The fourth-order valence-electron chi connectivity index (χ4n) is 7.11. The van der Waals surface area contributed by atoms with Gasteiger partial charge in [-0.1, -0.05) is 26.0 Å². The molecule has 1 unspecified atom stereocenters. The van der Waals surface area contributed by atoms with Crippen LogP contribution in [-0.4, -0.2) is 47.6 Å².